The van der Waals surface area contributed by atoms with Crippen molar-refractivity contribution in [3.63, 3.8) is 0 Å². The first-order valence-electron chi connectivity index (χ1n) is 8.78. The highest BCUT2D eigenvalue weighted by Crippen LogP contribution is 2.29. The number of amides is 1. The molecule has 146 valence electrons. The smallest absolute Gasteiger partial charge is 0.303 e. The van der Waals surface area contributed by atoms with Crippen LogP contribution < -0.4 is 0 Å². The van der Waals surface area contributed by atoms with E-state index in [4.69, 9.17) is 5.11 Å². The van der Waals surface area contributed by atoms with Gasteiger partial charge < -0.3 is 10.0 Å². The van der Waals surface area contributed by atoms with E-state index in [1.54, 1.807) is 25.8 Å². The molecule has 0 unspecified atom stereocenters. The van der Waals surface area contributed by atoms with Crippen LogP contribution in [-0.4, -0.2) is 49.6 Å². The van der Waals surface area contributed by atoms with Gasteiger partial charge in [-0.1, -0.05) is 55.5 Å². The van der Waals surface area contributed by atoms with E-state index in [1.807, 2.05) is 48.5 Å². The van der Waals surface area contributed by atoms with Crippen molar-refractivity contribution in [2.75, 3.05) is 7.05 Å². The summed E-state index contributed by atoms with van der Waals surface area (Å²) in [6, 6.07) is 16.1. The Hall–Kier alpha value is -3.55. The van der Waals surface area contributed by atoms with Crippen molar-refractivity contribution in [3.05, 3.63) is 54.1 Å². The van der Waals surface area contributed by atoms with Crippen LogP contribution >= 0.6 is 0 Å². The maximum atomic E-state index is 11.3. The Labute approximate surface area is 163 Å². The van der Waals surface area contributed by atoms with Gasteiger partial charge in [0.1, 0.15) is 0 Å². The number of carbonyl (C=O) groups is 2. The lowest BCUT2D eigenvalue weighted by atomic mass is 9.98. The summed E-state index contributed by atoms with van der Waals surface area (Å²) >= 11 is 0. The zero-order valence-corrected chi connectivity index (χ0v) is 16.1. The van der Waals surface area contributed by atoms with Crippen LogP contribution in [0.15, 0.2) is 48.5 Å². The molecule has 0 spiro atoms. The third kappa shape index (κ3) is 5.73. The van der Waals surface area contributed by atoms with Gasteiger partial charge in [-0.15, -0.1) is 10.2 Å². The number of aromatic amines is 1. The minimum absolute atomic E-state index is 0.0523. The third-order valence-corrected chi connectivity index (χ3v) is 4.04. The number of carbonyl (C=O) groups excluding carboxylic acids is 1. The summed E-state index contributed by atoms with van der Waals surface area (Å²) in [7, 11) is 1.79. The predicted octanol–water partition coefficient (Wildman–Crippen LogP) is 2.99. The second-order valence-corrected chi connectivity index (χ2v) is 6.10. The Morgan fingerprint density at radius 2 is 1.68 bits per heavy atom. The van der Waals surface area contributed by atoms with E-state index in [0.29, 0.717) is 12.4 Å². The lowest BCUT2D eigenvalue weighted by Crippen LogP contribution is -2.22. The average molecular weight is 381 g/mol. The molecule has 3 rings (SSSR count). The summed E-state index contributed by atoms with van der Waals surface area (Å²) in [6.07, 6.45) is 0.222. The zero-order chi connectivity index (χ0) is 20.5. The maximum Gasteiger partial charge on any atom is 0.303 e. The number of carboxylic acid groups (broad SMARTS) is 1. The summed E-state index contributed by atoms with van der Waals surface area (Å²) in [5, 5.41) is 21.9. The highest BCUT2D eigenvalue weighted by molar-refractivity contribution is 5.80. The zero-order valence-electron chi connectivity index (χ0n) is 16.1. The van der Waals surface area contributed by atoms with Crippen LogP contribution in [0.4, 0.5) is 0 Å². The van der Waals surface area contributed by atoms with Crippen molar-refractivity contribution in [1.82, 2.24) is 25.5 Å². The van der Waals surface area contributed by atoms with Crippen molar-refractivity contribution in [1.29, 1.82) is 0 Å². The summed E-state index contributed by atoms with van der Waals surface area (Å²) in [5.41, 5.74) is 4.12. The van der Waals surface area contributed by atoms with Gasteiger partial charge in [-0.3, -0.25) is 9.59 Å². The Kier molecular flexibility index (Phi) is 7.38. The third-order valence-electron chi connectivity index (χ3n) is 4.04. The Bertz CT molecular complexity index is 908. The number of aromatic nitrogens is 4. The van der Waals surface area contributed by atoms with Crippen LogP contribution in [0, 0.1) is 0 Å². The van der Waals surface area contributed by atoms with Gasteiger partial charge >= 0.3 is 5.97 Å². The normalized spacial score (nSPS) is 9.96. The van der Waals surface area contributed by atoms with Crippen LogP contribution in [0.1, 0.15) is 25.8 Å². The predicted molar refractivity (Wildman–Crippen MR) is 105 cm³/mol. The van der Waals surface area contributed by atoms with E-state index in [-0.39, 0.29) is 12.3 Å². The Morgan fingerprint density at radius 3 is 2.18 bits per heavy atom. The number of H-pyrrole nitrogens is 1. The first-order chi connectivity index (χ1) is 13.4. The highest BCUT2D eigenvalue weighted by Gasteiger charge is 2.10. The van der Waals surface area contributed by atoms with Crippen molar-refractivity contribution in [2.24, 2.45) is 0 Å². The van der Waals surface area contributed by atoms with Gasteiger partial charge in [0.25, 0.3) is 0 Å². The summed E-state index contributed by atoms with van der Waals surface area (Å²) in [4.78, 5) is 22.4. The van der Waals surface area contributed by atoms with Gasteiger partial charge in [0.05, 0.1) is 0 Å². The Balaban J connectivity index is 0.000000500. The van der Waals surface area contributed by atoms with Crippen molar-refractivity contribution in [2.45, 2.75) is 26.8 Å². The number of tetrazole rings is 1. The number of benzene rings is 2. The van der Waals surface area contributed by atoms with Crippen LogP contribution in [0.5, 0.6) is 0 Å². The number of hydrogen-bond donors (Lipinski definition) is 2. The first-order valence-corrected chi connectivity index (χ1v) is 8.78. The lowest BCUT2D eigenvalue weighted by Gasteiger charge is -2.15. The highest BCUT2D eigenvalue weighted by atomic mass is 16.4. The molecule has 8 nitrogen and oxygen atoms in total. The molecule has 0 aliphatic heterocycles. The summed E-state index contributed by atoms with van der Waals surface area (Å²) < 4.78 is 0. The van der Waals surface area contributed by atoms with E-state index in [9.17, 15) is 9.59 Å². The van der Waals surface area contributed by atoms with Crippen molar-refractivity contribution >= 4 is 11.9 Å². The van der Waals surface area contributed by atoms with Gasteiger partial charge in [-0.25, -0.2) is 0 Å². The largest absolute Gasteiger partial charge is 0.481 e. The Morgan fingerprint density at radius 1 is 1.07 bits per heavy atom. The molecule has 0 fully saturated rings. The molecular weight excluding hydrogens is 358 g/mol. The van der Waals surface area contributed by atoms with Crippen LogP contribution in [0.2, 0.25) is 0 Å². The second kappa shape index (κ2) is 9.96. The number of nitrogens with zero attached hydrogens (tertiary/aromatic N) is 4. The quantitative estimate of drug-likeness (QED) is 0.703. The SMILES string of the molecule is CC(=O)N(C)Cc1ccc(-c2ccccc2-c2nn[nH]n2)cc1.CCC(=O)O. The average Bonchev–Trinajstić information content (AvgIpc) is 3.23. The standard InChI is InChI=1S/C17H17N5O.C3H6O2/c1-12(23)22(2)11-13-7-9-14(10-8-13)15-5-3-4-6-16(15)17-18-20-21-19-17;1-2-3(4)5/h3-10H,11H2,1-2H3,(H,18,19,20,21);2H2,1H3,(H,4,5). The van der Waals surface area contributed by atoms with Gasteiger partial charge in [0.15, 0.2) is 0 Å². The fraction of sp³-hybridized carbons (Fsp3) is 0.250. The molecule has 2 aromatic carbocycles. The number of rotatable bonds is 5. The monoisotopic (exact) mass is 381 g/mol. The van der Waals surface area contributed by atoms with E-state index in [0.717, 1.165) is 22.3 Å². The second-order valence-electron chi connectivity index (χ2n) is 6.10. The van der Waals surface area contributed by atoms with E-state index >= 15 is 0 Å². The maximum absolute atomic E-state index is 11.3. The minimum atomic E-state index is -0.745. The fourth-order valence-electron chi connectivity index (χ4n) is 2.38. The number of carboxylic acids is 1. The molecule has 0 saturated heterocycles. The summed E-state index contributed by atoms with van der Waals surface area (Å²) in [6.45, 7) is 3.76. The molecule has 28 heavy (non-hydrogen) atoms. The van der Waals surface area contributed by atoms with Crippen LogP contribution in [0.25, 0.3) is 22.5 Å². The molecule has 2 N–H and O–H groups in total. The fourth-order valence-corrected chi connectivity index (χ4v) is 2.38. The molecule has 1 amide bonds. The van der Waals surface area contributed by atoms with Gasteiger partial charge in [0.2, 0.25) is 11.7 Å². The van der Waals surface area contributed by atoms with E-state index in [1.165, 1.54) is 0 Å². The van der Waals surface area contributed by atoms with Crippen LogP contribution in [-0.2, 0) is 16.1 Å². The van der Waals surface area contributed by atoms with Crippen LogP contribution in [0.3, 0.4) is 0 Å². The molecular formula is C20H23N5O3. The molecule has 0 atom stereocenters. The molecule has 1 aromatic heterocycles. The van der Waals surface area contributed by atoms with Crippen molar-refractivity contribution < 1.29 is 14.7 Å². The number of hydrogen-bond acceptors (Lipinski definition) is 5. The molecule has 0 bridgehead atoms. The molecule has 3 aromatic rings. The molecule has 1 heterocycles. The number of nitrogens with one attached hydrogen (secondary N) is 1. The van der Waals surface area contributed by atoms with E-state index in [2.05, 4.69) is 20.6 Å². The molecule has 0 aliphatic carbocycles. The first kappa shape index (κ1) is 20.8. The molecule has 8 heteroatoms. The van der Waals surface area contributed by atoms with Gasteiger partial charge in [0, 0.05) is 32.5 Å². The van der Waals surface area contributed by atoms with Gasteiger partial charge in [-0.05, 0) is 21.9 Å². The minimum Gasteiger partial charge on any atom is -0.481 e. The van der Waals surface area contributed by atoms with Crippen molar-refractivity contribution in [3.8, 4) is 22.5 Å². The van der Waals surface area contributed by atoms with E-state index < -0.39 is 5.97 Å². The lowest BCUT2D eigenvalue weighted by molar-refractivity contribution is -0.136. The summed E-state index contributed by atoms with van der Waals surface area (Å²) in [5.74, 6) is -0.123. The molecule has 0 radical (unpaired) electrons. The number of aliphatic carboxylic acids is 1. The topological polar surface area (TPSA) is 112 Å². The molecule has 0 aliphatic rings. The molecule has 0 saturated carbocycles. The van der Waals surface area contributed by atoms with Gasteiger partial charge in [-0.2, -0.15) is 5.21 Å².